The number of carbonyl (C=O) groups is 2. The molecule has 0 bridgehead atoms. The average Bonchev–Trinajstić information content (AvgIpc) is 2.98. The molecule has 2 amide bonds. The van der Waals surface area contributed by atoms with Gasteiger partial charge in [-0.15, -0.1) is 0 Å². The van der Waals surface area contributed by atoms with E-state index >= 15 is 0 Å². The number of hydrogen-bond donors (Lipinski definition) is 6. The zero-order valence-electron chi connectivity index (χ0n) is 26.4. The summed E-state index contributed by atoms with van der Waals surface area (Å²) in [5.41, 5.74) is 0. The fourth-order valence-corrected chi connectivity index (χ4v) is 5.21. The van der Waals surface area contributed by atoms with E-state index in [0.717, 1.165) is 38.5 Å². The van der Waals surface area contributed by atoms with E-state index in [4.69, 9.17) is 9.47 Å². The van der Waals surface area contributed by atoms with Gasteiger partial charge >= 0.3 is 0 Å². The zero-order chi connectivity index (χ0) is 31.0. The van der Waals surface area contributed by atoms with Crippen LogP contribution >= 0.6 is 0 Å². The maximum Gasteiger partial charge on any atom is 0.244 e. The molecule has 1 aliphatic heterocycles. The number of hydrogen-bond acceptors (Lipinski definition) is 8. The van der Waals surface area contributed by atoms with Crippen LogP contribution in [0.3, 0.4) is 0 Å². The minimum absolute atomic E-state index is 0.251. The van der Waals surface area contributed by atoms with E-state index in [0.29, 0.717) is 13.0 Å². The summed E-state index contributed by atoms with van der Waals surface area (Å²) in [6.45, 7) is 4.03. The highest BCUT2D eigenvalue weighted by Crippen LogP contribution is 2.22. The maximum atomic E-state index is 13.0. The van der Waals surface area contributed by atoms with E-state index in [2.05, 4.69) is 24.5 Å². The normalized spacial score (nSPS) is 23.0. The molecule has 0 spiro atoms. The molecule has 10 heteroatoms. The monoisotopic (exact) mass is 602 g/mol. The lowest BCUT2D eigenvalue weighted by Gasteiger charge is -2.39. The summed E-state index contributed by atoms with van der Waals surface area (Å²) in [7, 11) is 0. The number of unbranched alkanes of at least 4 members (excludes halogenated alkanes) is 16. The highest BCUT2D eigenvalue weighted by molar-refractivity contribution is 5.87. The van der Waals surface area contributed by atoms with Gasteiger partial charge in [0, 0.05) is 13.0 Å². The van der Waals surface area contributed by atoms with Gasteiger partial charge in [0.15, 0.2) is 6.29 Å². The standard InChI is InChI=1S/C32H62N2O8/c1-3-5-7-9-11-13-15-17-19-21-27(36)34-25(24-41-32-30(39)29(38)28(37)26(23-35)42-32)31(40)33-22-20-18-16-14-12-10-8-6-4-2/h25-26,28-30,32,35,37-39H,3-24H2,1-2H3,(H,33,40)(H,34,36)/t25-,26+,28+,29-,30+,32-/m0/s1. The second kappa shape index (κ2) is 25.1. The topological polar surface area (TPSA) is 158 Å². The Hall–Kier alpha value is -1.30. The Balaban J connectivity index is 2.49. The van der Waals surface area contributed by atoms with E-state index < -0.39 is 43.4 Å². The van der Waals surface area contributed by atoms with E-state index in [1.165, 1.54) is 77.0 Å². The fourth-order valence-electron chi connectivity index (χ4n) is 5.21. The third-order valence-corrected chi connectivity index (χ3v) is 8.01. The van der Waals surface area contributed by atoms with Crippen molar-refractivity contribution in [3.8, 4) is 0 Å². The summed E-state index contributed by atoms with van der Waals surface area (Å²) in [6, 6.07) is -1.01. The predicted octanol–water partition coefficient (Wildman–Crippen LogP) is 3.86. The van der Waals surface area contributed by atoms with Crippen LogP contribution in [0.4, 0.5) is 0 Å². The van der Waals surface area contributed by atoms with Crippen molar-refractivity contribution in [3.63, 3.8) is 0 Å². The number of carbonyl (C=O) groups excluding carboxylic acids is 2. The number of aliphatic hydroxyl groups is 4. The first kappa shape index (κ1) is 38.7. The van der Waals surface area contributed by atoms with Crippen LogP contribution in [0.5, 0.6) is 0 Å². The number of ether oxygens (including phenoxy) is 2. The summed E-state index contributed by atoms with van der Waals surface area (Å²) in [6.07, 6.45) is 13.9. The highest BCUT2D eigenvalue weighted by atomic mass is 16.7. The van der Waals surface area contributed by atoms with E-state index in [1.54, 1.807) is 0 Å². The van der Waals surface area contributed by atoms with Crippen molar-refractivity contribution in [2.24, 2.45) is 0 Å². The summed E-state index contributed by atoms with van der Waals surface area (Å²) in [5, 5.41) is 45.4. The van der Waals surface area contributed by atoms with Crippen molar-refractivity contribution in [3.05, 3.63) is 0 Å². The van der Waals surface area contributed by atoms with Gasteiger partial charge in [-0.2, -0.15) is 0 Å². The molecule has 1 heterocycles. The molecule has 0 aliphatic carbocycles. The van der Waals surface area contributed by atoms with E-state index in [1.807, 2.05) is 0 Å². The molecule has 248 valence electrons. The molecule has 0 aromatic rings. The molecule has 1 fully saturated rings. The molecule has 10 nitrogen and oxygen atoms in total. The molecule has 1 aliphatic rings. The molecule has 0 saturated carbocycles. The largest absolute Gasteiger partial charge is 0.394 e. The third kappa shape index (κ3) is 17.1. The molecule has 0 unspecified atom stereocenters. The molecular formula is C32H62N2O8. The van der Waals surface area contributed by atoms with Crippen molar-refractivity contribution in [2.45, 2.75) is 173 Å². The first-order chi connectivity index (χ1) is 20.3. The summed E-state index contributed by atoms with van der Waals surface area (Å²) in [5.74, 6) is -0.641. The molecular weight excluding hydrogens is 540 g/mol. The Bertz CT molecular complexity index is 681. The fraction of sp³-hybridized carbons (Fsp3) is 0.938. The van der Waals surface area contributed by atoms with Crippen LogP contribution in [0, 0.1) is 0 Å². The van der Waals surface area contributed by atoms with Gasteiger partial charge in [-0.1, -0.05) is 117 Å². The number of rotatable bonds is 26. The van der Waals surface area contributed by atoms with Crippen molar-refractivity contribution < 1.29 is 39.5 Å². The Kier molecular flexibility index (Phi) is 23.1. The quantitative estimate of drug-likeness (QED) is 0.0815. The van der Waals surface area contributed by atoms with Crippen LogP contribution < -0.4 is 10.6 Å². The van der Waals surface area contributed by atoms with Crippen LogP contribution in [0.15, 0.2) is 0 Å². The minimum atomic E-state index is -1.58. The van der Waals surface area contributed by atoms with Gasteiger partial charge in [-0.25, -0.2) is 0 Å². The second-order valence-electron chi connectivity index (χ2n) is 11.8. The van der Waals surface area contributed by atoms with Gasteiger partial charge in [0.05, 0.1) is 13.2 Å². The first-order valence-electron chi connectivity index (χ1n) is 16.8. The molecule has 0 aromatic carbocycles. The third-order valence-electron chi connectivity index (χ3n) is 8.01. The van der Waals surface area contributed by atoms with Crippen molar-refractivity contribution in [1.29, 1.82) is 0 Å². The van der Waals surface area contributed by atoms with Gasteiger partial charge in [0.25, 0.3) is 0 Å². The van der Waals surface area contributed by atoms with Crippen LogP contribution in [-0.4, -0.2) is 88.7 Å². The molecule has 6 atom stereocenters. The molecule has 1 saturated heterocycles. The Morgan fingerprint density at radius 2 is 1.21 bits per heavy atom. The second-order valence-corrected chi connectivity index (χ2v) is 11.8. The Morgan fingerprint density at radius 1 is 0.714 bits per heavy atom. The first-order valence-corrected chi connectivity index (χ1v) is 16.8. The van der Waals surface area contributed by atoms with Crippen LogP contribution in [0.2, 0.25) is 0 Å². The van der Waals surface area contributed by atoms with E-state index in [-0.39, 0.29) is 18.4 Å². The summed E-state index contributed by atoms with van der Waals surface area (Å²) >= 11 is 0. The SMILES string of the molecule is CCCCCCCCCCCNC(=O)[C@H](CO[C@H]1O[C@H](CO)[C@@H](O)[C@H](O)[C@H]1O)NC(=O)CCCCCCCCCCC. The van der Waals surface area contributed by atoms with E-state index in [9.17, 15) is 30.0 Å². The van der Waals surface area contributed by atoms with Gasteiger partial charge in [0.2, 0.25) is 11.8 Å². The zero-order valence-corrected chi connectivity index (χ0v) is 26.4. The molecule has 6 N–H and O–H groups in total. The van der Waals surface area contributed by atoms with Crippen LogP contribution in [-0.2, 0) is 19.1 Å². The van der Waals surface area contributed by atoms with Gasteiger partial charge in [-0.05, 0) is 12.8 Å². The van der Waals surface area contributed by atoms with Crippen LogP contribution in [0.1, 0.15) is 136 Å². The van der Waals surface area contributed by atoms with Gasteiger partial charge < -0.3 is 40.5 Å². The highest BCUT2D eigenvalue weighted by Gasteiger charge is 2.44. The van der Waals surface area contributed by atoms with Gasteiger partial charge in [-0.3, -0.25) is 9.59 Å². The molecule has 0 radical (unpaired) electrons. The lowest BCUT2D eigenvalue weighted by atomic mass is 9.99. The molecule has 0 aromatic heterocycles. The van der Waals surface area contributed by atoms with Crippen LogP contribution in [0.25, 0.3) is 0 Å². The van der Waals surface area contributed by atoms with Gasteiger partial charge in [0.1, 0.15) is 30.5 Å². The smallest absolute Gasteiger partial charge is 0.244 e. The summed E-state index contributed by atoms with van der Waals surface area (Å²) < 4.78 is 11.0. The number of amides is 2. The Labute approximate surface area is 254 Å². The predicted molar refractivity (Wildman–Crippen MR) is 164 cm³/mol. The number of nitrogens with one attached hydrogen (secondary N) is 2. The lowest BCUT2D eigenvalue weighted by molar-refractivity contribution is -0.301. The maximum absolute atomic E-state index is 13.0. The number of aliphatic hydroxyl groups excluding tert-OH is 4. The molecule has 42 heavy (non-hydrogen) atoms. The Morgan fingerprint density at radius 3 is 1.74 bits per heavy atom. The van der Waals surface area contributed by atoms with Crippen molar-refractivity contribution >= 4 is 11.8 Å². The lowest BCUT2D eigenvalue weighted by Crippen LogP contribution is -2.60. The van der Waals surface area contributed by atoms with Crippen molar-refractivity contribution in [1.82, 2.24) is 10.6 Å². The molecule has 1 rings (SSSR count). The summed E-state index contributed by atoms with van der Waals surface area (Å²) in [4.78, 5) is 25.7. The average molecular weight is 603 g/mol. The van der Waals surface area contributed by atoms with Crippen molar-refractivity contribution in [2.75, 3.05) is 19.8 Å². The minimum Gasteiger partial charge on any atom is -0.394 e.